The highest BCUT2D eigenvalue weighted by Gasteiger charge is 2.28. The van der Waals surface area contributed by atoms with Crippen molar-refractivity contribution in [3.63, 3.8) is 0 Å². The smallest absolute Gasteiger partial charge is 0.274 e. The third kappa shape index (κ3) is 3.24. The van der Waals surface area contributed by atoms with Crippen LogP contribution in [-0.2, 0) is 4.74 Å². The molecule has 6 nitrogen and oxygen atoms in total. The van der Waals surface area contributed by atoms with Gasteiger partial charge in [0.25, 0.3) is 5.91 Å². The summed E-state index contributed by atoms with van der Waals surface area (Å²) in [6.07, 6.45) is 4.17. The minimum absolute atomic E-state index is 0.000971. The van der Waals surface area contributed by atoms with Crippen LogP contribution < -0.4 is 5.32 Å². The molecule has 2 saturated heterocycles. The van der Waals surface area contributed by atoms with Crippen molar-refractivity contribution in [2.75, 3.05) is 32.8 Å². The van der Waals surface area contributed by atoms with E-state index in [1.165, 1.54) is 0 Å². The SMILES string of the molecule is O=C(c1ccn(C2CCCNC2)n1)N1CCOC(c2ccsc2)C1. The van der Waals surface area contributed by atoms with E-state index in [-0.39, 0.29) is 12.0 Å². The second-order valence-electron chi connectivity index (χ2n) is 6.35. The van der Waals surface area contributed by atoms with Gasteiger partial charge in [0.2, 0.25) is 0 Å². The van der Waals surface area contributed by atoms with E-state index in [1.54, 1.807) is 11.3 Å². The summed E-state index contributed by atoms with van der Waals surface area (Å²) < 4.78 is 7.76. The summed E-state index contributed by atoms with van der Waals surface area (Å²) in [5.74, 6) is 0.000971. The lowest BCUT2D eigenvalue weighted by Gasteiger charge is -2.32. The van der Waals surface area contributed by atoms with E-state index in [9.17, 15) is 4.79 Å². The van der Waals surface area contributed by atoms with Crippen molar-refractivity contribution in [2.45, 2.75) is 25.0 Å². The molecule has 0 spiro atoms. The Bertz CT molecular complexity index is 679. The predicted octanol–water partition coefficient (Wildman–Crippen LogP) is 2.08. The lowest BCUT2D eigenvalue weighted by Crippen LogP contribution is -2.42. The van der Waals surface area contributed by atoms with Gasteiger partial charge in [-0.25, -0.2) is 0 Å². The maximum absolute atomic E-state index is 12.8. The molecule has 2 aromatic heterocycles. The third-order valence-corrected chi connectivity index (χ3v) is 5.44. The van der Waals surface area contributed by atoms with Gasteiger partial charge in [-0.1, -0.05) is 0 Å². The number of nitrogens with zero attached hydrogens (tertiary/aromatic N) is 3. The Kier molecular flexibility index (Phi) is 4.64. The Labute approximate surface area is 145 Å². The molecule has 2 aliphatic rings. The second kappa shape index (κ2) is 7.04. The normalized spacial score (nSPS) is 24.9. The largest absolute Gasteiger partial charge is 0.370 e. The molecule has 4 rings (SSSR count). The molecule has 0 bridgehead atoms. The molecular weight excluding hydrogens is 324 g/mol. The van der Waals surface area contributed by atoms with Crippen LogP contribution in [0.1, 0.15) is 41.0 Å². The van der Waals surface area contributed by atoms with E-state index in [2.05, 4.69) is 21.9 Å². The number of rotatable bonds is 3. The van der Waals surface area contributed by atoms with Gasteiger partial charge >= 0.3 is 0 Å². The molecule has 0 radical (unpaired) electrons. The molecule has 2 atom stereocenters. The molecule has 1 N–H and O–H groups in total. The first-order valence-electron chi connectivity index (χ1n) is 8.50. The lowest BCUT2D eigenvalue weighted by molar-refractivity contribution is -0.0228. The fourth-order valence-corrected chi connectivity index (χ4v) is 4.07. The molecule has 4 heterocycles. The second-order valence-corrected chi connectivity index (χ2v) is 7.13. The Balaban J connectivity index is 1.44. The maximum Gasteiger partial charge on any atom is 0.274 e. The number of carbonyl (C=O) groups excluding carboxylic acids is 1. The molecule has 0 saturated carbocycles. The molecule has 24 heavy (non-hydrogen) atoms. The average Bonchev–Trinajstić information content (AvgIpc) is 3.34. The summed E-state index contributed by atoms with van der Waals surface area (Å²) in [4.78, 5) is 14.7. The zero-order valence-corrected chi connectivity index (χ0v) is 14.4. The van der Waals surface area contributed by atoms with Gasteiger partial charge in [-0.2, -0.15) is 16.4 Å². The van der Waals surface area contributed by atoms with Crippen molar-refractivity contribution in [3.8, 4) is 0 Å². The van der Waals surface area contributed by atoms with E-state index in [0.717, 1.165) is 31.5 Å². The van der Waals surface area contributed by atoms with Gasteiger partial charge in [-0.05, 0) is 47.8 Å². The fourth-order valence-electron chi connectivity index (χ4n) is 3.37. The number of hydrogen-bond acceptors (Lipinski definition) is 5. The van der Waals surface area contributed by atoms with Gasteiger partial charge in [0.15, 0.2) is 0 Å². The number of amides is 1. The Morgan fingerprint density at radius 2 is 2.38 bits per heavy atom. The van der Waals surface area contributed by atoms with E-state index in [4.69, 9.17) is 4.74 Å². The molecular formula is C17H22N4O2S. The first kappa shape index (κ1) is 15.8. The van der Waals surface area contributed by atoms with Crippen LogP contribution in [0, 0.1) is 0 Å². The van der Waals surface area contributed by atoms with Crippen molar-refractivity contribution >= 4 is 17.2 Å². The standard InChI is InChI=1S/C17H22N4O2S/c22-17(15-3-6-21(19-15)14-2-1-5-18-10-14)20-7-8-23-16(11-20)13-4-9-24-12-13/h3-4,6,9,12,14,16,18H,1-2,5,7-8,10-11H2. The lowest BCUT2D eigenvalue weighted by atomic mass is 10.1. The van der Waals surface area contributed by atoms with Crippen LogP contribution in [0.25, 0.3) is 0 Å². The van der Waals surface area contributed by atoms with Gasteiger partial charge < -0.3 is 15.0 Å². The Hall–Kier alpha value is -1.70. The van der Waals surface area contributed by atoms with Gasteiger partial charge in [-0.15, -0.1) is 0 Å². The van der Waals surface area contributed by atoms with Crippen molar-refractivity contribution in [3.05, 3.63) is 40.3 Å². The quantitative estimate of drug-likeness (QED) is 0.924. The molecule has 2 unspecified atom stereocenters. The van der Waals surface area contributed by atoms with Crippen LogP contribution in [0.5, 0.6) is 0 Å². The maximum atomic E-state index is 12.8. The molecule has 2 fully saturated rings. The van der Waals surface area contributed by atoms with Crippen LogP contribution in [0.4, 0.5) is 0 Å². The summed E-state index contributed by atoms with van der Waals surface area (Å²) in [6.45, 7) is 3.78. The van der Waals surface area contributed by atoms with E-state index >= 15 is 0 Å². The highest BCUT2D eigenvalue weighted by molar-refractivity contribution is 7.07. The van der Waals surface area contributed by atoms with Crippen LogP contribution in [-0.4, -0.2) is 53.4 Å². The highest BCUT2D eigenvalue weighted by atomic mass is 32.1. The van der Waals surface area contributed by atoms with Gasteiger partial charge in [0.1, 0.15) is 11.8 Å². The van der Waals surface area contributed by atoms with E-state index in [1.807, 2.05) is 27.2 Å². The Morgan fingerprint density at radius 3 is 3.17 bits per heavy atom. The minimum Gasteiger partial charge on any atom is -0.370 e. The summed E-state index contributed by atoms with van der Waals surface area (Å²) in [5, 5.41) is 12.1. The van der Waals surface area contributed by atoms with Gasteiger partial charge in [0.05, 0.1) is 19.2 Å². The van der Waals surface area contributed by atoms with Crippen molar-refractivity contribution in [1.82, 2.24) is 20.0 Å². The molecule has 128 valence electrons. The van der Waals surface area contributed by atoms with Crippen molar-refractivity contribution < 1.29 is 9.53 Å². The fraction of sp³-hybridized carbons (Fsp3) is 0.529. The molecule has 0 aliphatic carbocycles. The third-order valence-electron chi connectivity index (χ3n) is 4.74. The number of hydrogen-bond donors (Lipinski definition) is 1. The van der Waals surface area contributed by atoms with E-state index < -0.39 is 0 Å². The average molecular weight is 346 g/mol. The molecule has 2 aromatic rings. The van der Waals surface area contributed by atoms with Crippen LogP contribution in [0.15, 0.2) is 29.1 Å². The number of thiophene rings is 1. The number of ether oxygens (including phenoxy) is 1. The first-order valence-corrected chi connectivity index (χ1v) is 9.44. The number of aromatic nitrogens is 2. The molecule has 0 aromatic carbocycles. The highest BCUT2D eigenvalue weighted by Crippen LogP contribution is 2.25. The van der Waals surface area contributed by atoms with Crippen LogP contribution >= 0.6 is 11.3 Å². The summed E-state index contributed by atoms with van der Waals surface area (Å²) >= 11 is 1.65. The van der Waals surface area contributed by atoms with Crippen LogP contribution in [0.2, 0.25) is 0 Å². The predicted molar refractivity (Wildman–Crippen MR) is 92.3 cm³/mol. The number of nitrogens with one attached hydrogen (secondary N) is 1. The zero-order chi connectivity index (χ0) is 16.4. The minimum atomic E-state index is -0.0291. The van der Waals surface area contributed by atoms with Crippen LogP contribution in [0.3, 0.4) is 0 Å². The topological polar surface area (TPSA) is 59.4 Å². The first-order chi connectivity index (χ1) is 11.8. The van der Waals surface area contributed by atoms with Crippen molar-refractivity contribution in [2.24, 2.45) is 0 Å². The molecule has 1 amide bonds. The van der Waals surface area contributed by atoms with Gasteiger partial charge in [-0.3, -0.25) is 9.48 Å². The number of piperidine rings is 1. The summed E-state index contributed by atoms with van der Waals surface area (Å²) in [7, 11) is 0. The molecule has 2 aliphatic heterocycles. The van der Waals surface area contributed by atoms with E-state index in [0.29, 0.717) is 31.4 Å². The van der Waals surface area contributed by atoms with Crippen molar-refractivity contribution in [1.29, 1.82) is 0 Å². The molecule has 7 heteroatoms. The number of carbonyl (C=O) groups is 1. The summed E-state index contributed by atoms with van der Waals surface area (Å²) in [5.41, 5.74) is 1.68. The Morgan fingerprint density at radius 1 is 1.42 bits per heavy atom. The zero-order valence-electron chi connectivity index (χ0n) is 13.6. The summed E-state index contributed by atoms with van der Waals surface area (Å²) in [6, 6.07) is 4.25. The monoisotopic (exact) mass is 346 g/mol. The number of morpholine rings is 1. The van der Waals surface area contributed by atoms with Gasteiger partial charge in [0, 0.05) is 19.3 Å².